The number of hydrogen-bond donors (Lipinski definition) is 0. The van der Waals surface area contributed by atoms with Crippen LogP contribution in [0.1, 0.15) is 35.5 Å². The zero-order valence-electron chi connectivity index (χ0n) is 13.0. The van der Waals surface area contributed by atoms with E-state index in [1.807, 2.05) is 43.3 Å². The van der Waals surface area contributed by atoms with Gasteiger partial charge in [0.05, 0.1) is 19.1 Å². The average Bonchev–Trinajstić information content (AvgIpc) is 2.98. The molecule has 4 nitrogen and oxygen atoms in total. The van der Waals surface area contributed by atoms with Gasteiger partial charge in [-0.25, -0.2) is 9.78 Å². The van der Waals surface area contributed by atoms with Crippen LogP contribution < -0.4 is 0 Å². The van der Waals surface area contributed by atoms with Crippen LogP contribution in [0.5, 0.6) is 0 Å². The molecule has 4 heteroatoms. The van der Waals surface area contributed by atoms with E-state index in [0.717, 1.165) is 16.7 Å². The van der Waals surface area contributed by atoms with Crippen LogP contribution in [0, 0.1) is 0 Å². The molecule has 22 heavy (non-hydrogen) atoms. The van der Waals surface area contributed by atoms with Crippen molar-refractivity contribution in [2.75, 3.05) is 6.61 Å². The SMILES string of the molecule is C=CC(=CC)c1ccc(Cn2cncc2C(=O)OCC)cc1. The van der Waals surface area contributed by atoms with Gasteiger partial charge in [0.25, 0.3) is 0 Å². The van der Waals surface area contributed by atoms with Crippen LogP contribution in [0.15, 0.2) is 55.5 Å². The highest BCUT2D eigenvalue weighted by Gasteiger charge is 2.12. The molecular formula is C18H20N2O2. The second-order valence-electron chi connectivity index (χ2n) is 4.77. The number of rotatable bonds is 6. The topological polar surface area (TPSA) is 44.1 Å². The third kappa shape index (κ3) is 3.52. The zero-order chi connectivity index (χ0) is 15.9. The molecule has 0 aliphatic heterocycles. The summed E-state index contributed by atoms with van der Waals surface area (Å²) in [7, 11) is 0. The van der Waals surface area contributed by atoms with E-state index in [4.69, 9.17) is 4.74 Å². The number of carbonyl (C=O) groups is 1. The quantitative estimate of drug-likeness (QED) is 0.603. The summed E-state index contributed by atoms with van der Waals surface area (Å²) in [4.78, 5) is 15.9. The fourth-order valence-corrected chi connectivity index (χ4v) is 2.22. The van der Waals surface area contributed by atoms with Gasteiger partial charge < -0.3 is 9.30 Å². The first-order valence-electron chi connectivity index (χ1n) is 7.25. The van der Waals surface area contributed by atoms with Crippen LogP contribution in [0.3, 0.4) is 0 Å². The van der Waals surface area contributed by atoms with Crippen molar-refractivity contribution in [3.05, 3.63) is 72.3 Å². The first-order chi connectivity index (χ1) is 10.7. The molecule has 0 unspecified atom stereocenters. The van der Waals surface area contributed by atoms with Gasteiger partial charge in [0.2, 0.25) is 0 Å². The molecule has 0 N–H and O–H groups in total. The smallest absolute Gasteiger partial charge is 0.356 e. The highest BCUT2D eigenvalue weighted by Crippen LogP contribution is 2.17. The van der Waals surface area contributed by atoms with Gasteiger partial charge in [-0.2, -0.15) is 0 Å². The van der Waals surface area contributed by atoms with E-state index in [1.165, 1.54) is 6.20 Å². The maximum atomic E-state index is 11.8. The van der Waals surface area contributed by atoms with Gasteiger partial charge in [-0.05, 0) is 30.5 Å². The molecule has 0 atom stereocenters. The van der Waals surface area contributed by atoms with Crippen LogP contribution in [0.25, 0.3) is 5.57 Å². The Kier molecular flexibility index (Phi) is 5.31. The standard InChI is InChI=1S/C18H20N2O2/c1-4-15(5-2)16-9-7-14(8-10-16)12-20-13-19-11-17(20)18(21)22-6-3/h4-5,7-11,13H,1,6,12H2,2-3H3. The number of hydrogen-bond acceptors (Lipinski definition) is 3. The molecule has 0 spiro atoms. The summed E-state index contributed by atoms with van der Waals surface area (Å²) in [6.07, 6.45) is 7.03. The van der Waals surface area contributed by atoms with Crippen LogP contribution in [0.4, 0.5) is 0 Å². The average molecular weight is 296 g/mol. The van der Waals surface area contributed by atoms with Crippen LogP contribution in [0.2, 0.25) is 0 Å². The largest absolute Gasteiger partial charge is 0.461 e. The molecule has 2 rings (SSSR count). The maximum Gasteiger partial charge on any atom is 0.356 e. The fourth-order valence-electron chi connectivity index (χ4n) is 2.22. The number of benzene rings is 1. The molecule has 1 aromatic heterocycles. The second-order valence-corrected chi connectivity index (χ2v) is 4.77. The summed E-state index contributed by atoms with van der Waals surface area (Å²) < 4.78 is 6.81. The summed E-state index contributed by atoms with van der Waals surface area (Å²) in [5, 5.41) is 0. The molecule has 0 saturated carbocycles. The summed E-state index contributed by atoms with van der Waals surface area (Å²) in [5.41, 5.74) is 3.77. The Balaban J connectivity index is 2.17. The number of esters is 1. The molecule has 1 aromatic carbocycles. The first-order valence-corrected chi connectivity index (χ1v) is 7.25. The van der Waals surface area contributed by atoms with Gasteiger partial charge in [-0.3, -0.25) is 0 Å². The van der Waals surface area contributed by atoms with E-state index in [-0.39, 0.29) is 5.97 Å². The predicted molar refractivity (Wildman–Crippen MR) is 87.6 cm³/mol. The van der Waals surface area contributed by atoms with E-state index in [0.29, 0.717) is 18.8 Å². The van der Waals surface area contributed by atoms with Crippen molar-refractivity contribution in [2.24, 2.45) is 0 Å². The van der Waals surface area contributed by atoms with Crippen molar-refractivity contribution in [3.63, 3.8) is 0 Å². The van der Waals surface area contributed by atoms with Gasteiger partial charge in [-0.15, -0.1) is 0 Å². The lowest BCUT2D eigenvalue weighted by Crippen LogP contribution is -2.12. The van der Waals surface area contributed by atoms with E-state index in [9.17, 15) is 4.79 Å². The number of aromatic nitrogens is 2. The van der Waals surface area contributed by atoms with Crippen LogP contribution in [-0.2, 0) is 11.3 Å². The lowest BCUT2D eigenvalue weighted by atomic mass is 10.0. The van der Waals surface area contributed by atoms with Gasteiger partial charge in [0, 0.05) is 6.54 Å². The van der Waals surface area contributed by atoms with Crippen molar-refractivity contribution in [1.29, 1.82) is 0 Å². The molecule has 114 valence electrons. The van der Waals surface area contributed by atoms with E-state index in [1.54, 1.807) is 17.8 Å². The Bertz CT molecular complexity index is 681. The van der Waals surface area contributed by atoms with Gasteiger partial charge in [0.15, 0.2) is 0 Å². The second kappa shape index (κ2) is 7.41. The molecule has 0 fully saturated rings. The van der Waals surface area contributed by atoms with Gasteiger partial charge in [-0.1, -0.05) is 43.0 Å². The maximum absolute atomic E-state index is 11.8. The van der Waals surface area contributed by atoms with E-state index < -0.39 is 0 Å². The number of nitrogens with zero attached hydrogens (tertiary/aromatic N) is 2. The number of allylic oxidation sites excluding steroid dienone is 3. The summed E-state index contributed by atoms with van der Waals surface area (Å²) in [6, 6.07) is 8.18. The van der Waals surface area contributed by atoms with Gasteiger partial charge >= 0.3 is 5.97 Å². The molecule has 0 saturated heterocycles. The molecule has 0 aliphatic carbocycles. The minimum Gasteiger partial charge on any atom is -0.461 e. The van der Waals surface area contributed by atoms with Crippen LogP contribution >= 0.6 is 0 Å². The normalized spacial score (nSPS) is 11.3. The van der Waals surface area contributed by atoms with Crippen molar-refractivity contribution in [1.82, 2.24) is 9.55 Å². The van der Waals surface area contributed by atoms with Crippen molar-refractivity contribution >= 4 is 11.5 Å². The molecule has 0 bridgehead atoms. The molecular weight excluding hydrogens is 276 g/mol. The Hall–Kier alpha value is -2.62. The molecule has 2 aromatic rings. The summed E-state index contributed by atoms with van der Waals surface area (Å²) in [5.74, 6) is -0.348. The third-order valence-electron chi connectivity index (χ3n) is 3.37. The van der Waals surface area contributed by atoms with E-state index >= 15 is 0 Å². The lowest BCUT2D eigenvalue weighted by molar-refractivity contribution is 0.0514. The minimum absolute atomic E-state index is 0.348. The van der Waals surface area contributed by atoms with Crippen molar-refractivity contribution in [2.45, 2.75) is 20.4 Å². The zero-order valence-corrected chi connectivity index (χ0v) is 13.0. The first kappa shape index (κ1) is 15.8. The predicted octanol–water partition coefficient (Wildman–Crippen LogP) is 3.70. The highest BCUT2D eigenvalue weighted by molar-refractivity contribution is 5.87. The number of carbonyl (C=O) groups excluding carboxylic acids is 1. The Morgan fingerprint density at radius 2 is 2.09 bits per heavy atom. The number of ether oxygens (including phenoxy) is 1. The Morgan fingerprint density at radius 1 is 1.36 bits per heavy atom. The minimum atomic E-state index is -0.348. The molecule has 0 radical (unpaired) electrons. The van der Waals surface area contributed by atoms with Crippen LogP contribution in [-0.4, -0.2) is 22.1 Å². The lowest BCUT2D eigenvalue weighted by Gasteiger charge is -2.09. The molecule has 0 aliphatic rings. The number of imidazole rings is 1. The monoisotopic (exact) mass is 296 g/mol. The molecule has 1 heterocycles. The summed E-state index contributed by atoms with van der Waals surface area (Å²) in [6.45, 7) is 8.51. The highest BCUT2D eigenvalue weighted by atomic mass is 16.5. The van der Waals surface area contributed by atoms with Crippen molar-refractivity contribution < 1.29 is 9.53 Å². The van der Waals surface area contributed by atoms with E-state index in [2.05, 4.69) is 11.6 Å². The molecule has 0 amide bonds. The third-order valence-corrected chi connectivity index (χ3v) is 3.37. The fraction of sp³-hybridized carbons (Fsp3) is 0.222. The Morgan fingerprint density at radius 3 is 2.68 bits per heavy atom. The van der Waals surface area contributed by atoms with Crippen molar-refractivity contribution in [3.8, 4) is 0 Å². The summed E-state index contributed by atoms with van der Waals surface area (Å²) >= 11 is 0. The Labute approximate surface area is 130 Å². The van der Waals surface area contributed by atoms with Gasteiger partial charge in [0.1, 0.15) is 5.69 Å².